The summed E-state index contributed by atoms with van der Waals surface area (Å²) in [6.07, 6.45) is 4.37. The van der Waals surface area contributed by atoms with Crippen molar-refractivity contribution in [1.29, 1.82) is 0 Å². The molecule has 2 heterocycles. The molecule has 1 amide bonds. The van der Waals surface area contributed by atoms with E-state index in [9.17, 15) is 4.79 Å². The molecule has 0 fully saturated rings. The van der Waals surface area contributed by atoms with Gasteiger partial charge in [0.25, 0.3) is 0 Å². The van der Waals surface area contributed by atoms with Gasteiger partial charge in [-0.25, -0.2) is 9.78 Å². The number of ether oxygens (including phenoxy) is 1. The summed E-state index contributed by atoms with van der Waals surface area (Å²) in [7, 11) is 0. The molecule has 0 atom stereocenters. The average molecular weight is 403 g/mol. The van der Waals surface area contributed by atoms with E-state index in [1.165, 1.54) is 0 Å². The van der Waals surface area contributed by atoms with Crippen molar-refractivity contribution >= 4 is 17.7 Å². The van der Waals surface area contributed by atoms with E-state index in [1.54, 1.807) is 0 Å². The Morgan fingerprint density at radius 2 is 1.97 bits per heavy atom. The molecule has 2 aromatic heterocycles. The fourth-order valence-corrected chi connectivity index (χ4v) is 2.65. The van der Waals surface area contributed by atoms with Gasteiger partial charge in [0.05, 0.1) is 17.8 Å². The number of carbonyl (C=O) groups excluding carboxylic acids is 1. The lowest BCUT2D eigenvalue weighted by molar-refractivity contribution is 0.0476. The molecule has 0 aliphatic carbocycles. The van der Waals surface area contributed by atoms with E-state index in [4.69, 9.17) is 4.74 Å². The van der Waals surface area contributed by atoms with Crippen LogP contribution in [0.2, 0.25) is 0 Å². The molecule has 2 aromatic rings. The van der Waals surface area contributed by atoms with Crippen molar-refractivity contribution in [3.8, 4) is 0 Å². The summed E-state index contributed by atoms with van der Waals surface area (Å²) < 4.78 is 7.34. The second-order valence-electron chi connectivity index (χ2n) is 8.58. The van der Waals surface area contributed by atoms with Crippen molar-refractivity contribution in [2.45, 2.75) is 59.1 Å². The Morgan fingerprint density at radius 3 is 2.62 bits per heavy atom. The number of imidazole rings is 1. The Morgan fingerprint density at radius 1 is 1.21 bits per heavy atom. The fourth-order valence-electron chi connectivity index (χ4n) is 2.65. The third kappa shape index (κ3) is 8.01. The zero-order chi connectivity index (χ0) is 21.5. The molecule has 0 aliphatic heterocycles. The van der Waals surface area contributed by atoms with Crippen molar-refractivity contribution in [3.63, 3.8) is 0 Å². The molecule has 2 rings (SSSR count). The first-order chi connectivity index (χ1) is 13.6. The number of nitrogens with one attached hydrogen (secondary N) is 3. The van der Waals surface area contributed by atoms with Crippen LogP contribution >= 0.6 is 0 Å². The SMILES string of the molecule is CCNC(=NCC(C)(C)NC(=O)OC(C)(C)C)NCCc1cn2ccccc2n1. The van der Waals surface area contributed by atoms with E-state index in [1.807, 2.05) is 76.5 Å². The van der Waals surface area contributed by atoms with Crippen LogP contribution in [-0.2, 0) is 11.2 Å². The van der Waals surface area contributed by atoms with Gasteiger partial charge in [-0.2, -0.15) is 0 Å². The van der Waals surface area contributed by atoms with Gasteiger partial charge in [-0.05, 0) is 53.7 Å². The molecule has 8 heteroatoms. The lowest BCUT2D eigenvalue weighted by atomic mass is 10.1. The summed E-state index contributed by atoms with van der Waals surface area (Å²) in [6.45, 7) is 13.2. The van der Waals surface area contributed by atoms with Gasteiger partial charge in [0, 0.05) is 31.9 Å². The van der Waals surface area contributed by atoms with Crippen LogP contribution in [0.5, 0.6) is 0 Å². The molecule has 8 nitrogen and oxygen atoms in total. The number of alkyl carbamates (subject to hydrolysis) is 1. The summed E-state index contributed by atoms with van der Waals surface area (Å²) in [6, 6.07) is 5.95. The lowest BCUT2D eigenvalue weighted by Gasteiger charge is -2.27. The minimum absolute atomic E-state index is 0.413. The maximum atomic E-state index is 12.0. The maximum absolute atomic E-state index is 12.0. The van der Waals surface area contributed by atoms with Gasteiger partial charge >= 0.3 is 6.09 Å². The fraction of sp³-hybridized carbons (Fsp3) is 0.571. The number of hydrogen-bond acceptors (Lipinski definition) is 4. The summed E-state index contributed by atoms with van der Waals surface area (Å²) >= 11 is 0. The summed E-state index contributed by atoms with van der Waals surface area (Å²) in [4.78, 5) is 21.2. The number of aliphatic imine (C=N–C) groups is 1. The number of aromatic nitrogens is 2. The van der Waals surface area contributed by atoms with E-state index < -0.39 is 17.2 Å². The molecule has 160 valence electrons. The number of hydrogen-bond donors (Lipinski definition) is 3. The van der Waals surface area contributed by atoms with Crippen molar-refractivity contribution < 1.29 is 9.53 Å². The maximum Gasteiger partial charge on any atom is 0.408 e. The number of nitrogens with zero attached hydrogens (tertiary/aromatic N) is 3. The van der Waals surface area contributed by atoms with E-state index in [0.717, 1.165) is 24.3 Å². The first-order valence-corrected chi connectivity index (χ1v) is 10.0. The predicted molar refractivity (Wildman–Crippen MR) is 116 cm³/mol. The van der Waals surface area contributed by atoms with Crippen LogP contribution in [0, 0.1) is 0 Å². The van der Waals surface area contributed by atoms with Gasteiger partial charge in [-0.3, -0.25) is 4.99 Å². The van der Waals surface area contributed by atoms with Gasteiger partial charge in [0.1, 0.15) is 11.2 Å². The number of fused-ring (bicyclic) bond motifs is 1. The molecule has 3 N–H and O–H groups in total. The van der Waals surface area contributed by atoms with Gasteiger partial charge in [0.2, 0.25) is 0 Å². The Bertz CT molecular complexity index is 802. The monoisotopic (exact) mass is 402 g/mol. The third-order valence-corrected chi connectivity index (χ3v) is 3.90. The predicted octanol–water partition coefficient (Wildman–Crippen LogP) is 2.74. The van der Waals surface area contributed by atoms with Gasteiger partial charge in [-0.1, -0.05) is 6.07 Å². The highest BCUT2D eigenvalue weighted by atomic mass is 16.6. The zero-order valence-electron chi connectivity index (χ0n) is 18.4. The third-order valence-electron chi connectivity index (χ3n) is 3.90. The van der Waals surface area contributed by atoms with Gasteiger partial charge in [0.15, 0.2) is 5.96 Å². The molecule has 0 radical (unpaired) electrons. The van der Waals surface area contributed by atoms with Crippen LogP contribution in [0.4, 0.5) is 4.79 Å². The topological polar surface area (TPSA) is 92.0 Å². The van der Waals surface area contributed by atoms with E-state index in [0.29, 0.717) is 19.0 Å². The van der Waals surface area contributed by atoms with Crippen LogP contribution in [0.15, 0.2) is 35.6 Å². The molecule has 0 saturated carbocycles. The van der Waals surface area contributed by atoms with E-state index in [-0.39, 0.29) is 0 Å². The lowest BCUT2D eigenvalue weighted by Crippen LogP contribution is -2.49. The van der Waals surface area contributed by atoms with Crippen LogP contribution < -0.4 is 16.0 Å². The van der Waals surface area contributed by atoms with Crippen LogP contribution in [-0.4, -0.2) is 52.2 Å². The van der Waals surface area contributed by atoms with E-state index >= 15 is 0 Å². The molecule has 0 spiro atoms. The van der Waals surface area contributed by atoms with Crippen molar-refractivity contribution in [2.24, 2.45) is 4.99 Å². The number of carbonyl (C=O) groups is 1. The standard InChI is InChI=1S/C21H34N6O2/c1-7-22-18(24-15-21(5,6)26-19(28)29-20(2,3)4)23-12-11-16-14-27-13-9-8-10-17(27)25-16/h8-10,13-14H,7,11-12,15H2,1-6H3,(H,26,28)(H2,22,23,24). The second-order valence-corrected chi connectivity index (χ2v) is 8.58. The van der Waals surface area contributed by atoms with Crippen LogP contribution in [0.25, 0.3) is 5.65 Å². The average Bonchev–Trinajstić information content (AvgIpc) is 3.00. The van der Waals surface area contributed by atoms with Crippen LogP contribution in [0.3, 0.4) is 0 Å². The molecular weight excluding hydrogens is 368 g/mol. The Labute approximate surface area is 173 Å². The first-order valence-electron chi connectivity index (χ1n) is 10.0. The summed E-state index contributed by atoms with van der Waals surface area (Å²) in [5.74, 6) is 0.704. The first kappa shape index (κ1) is 22.5. The second kappa shape index (κ2) is 9.62. The Kier molecular flexibility index (Phi) is 7.47. The minimum atomic E-state index is -0.535. The number of pyridine rings is 1. The number of guanidine groups is 1. The smallest absolute Gasteiger partial charge is 0.408 e. The zero-order valence-corrected chi connectivity index (χ0v) is 18.4. The Balaban J connectivity index is 1.88. The largest absolute Gasteiger partial charge is 0.444 e. The van der Waals surface area contributed by atoms with Crippen molar-refractivity contribution in [2.75, 3.05) is 19.6 Å². The molecule has 0 bridgehead atoms. The molecule has 0 unspecified atom stereocenters. The molecule has 0 aliphatic rings. The molecular formula is C21H34N6O2. The number of rotatable bonds is 7. The molecule has 29 heavy (non-hydrogen) atoms. The van der Waals surface area contributed by atoms with Crippen molar-refractivity contribution in [3.05, 3.63) is 36.3 Å². The molecule has 0 saturated heterocycles. The molecule has 0 aromatic carbocycles. The highest BCUT2D eigenvalue weighted by Crippen LogP contribution is 2.10. The normalized spacial score (nSPS) is 12.7. The van der Waals surface area contributed by atoms with E-state index in [2.05, 4.69) is 25.9 Å². The Hall–Kier alpha value is -2.77. The highest BCUT2D eigenvalue weighted by molar-refractivity contribution is 5.79. The highest BCUT2D eigenvalue weighted by Gasteiger charge is 2.24. The van der Waals surface area contributed by atoms with Gasteiger partial charge < -0.3 is 25.1 Å². The summed E-state index contributed by atoms with van der Waals surface area (Å²) in [5, 5.41) is 9.42. The van der Waals surface area contributed by atoms with Crippen LogP contribution in [0.1, 0.15) is 47.2 Å². The van der Waals surface area contributed by atoms with Crippen molar-refractivity contribution in [1.82, 2.24) is 25.3 Å². The quantitative estimate of drug-likeness (QED) is 0.489. The van der Waals surface area contributed by atoms with Gasteiger partial charge in [-0.15, -0.1) is 0 Å². The minimum Gasteiger partial charge on any atom is -0.444 e. The summed E-state index contributed by atoms with van der Waals surface area (Å²) in [5.41, 5.74) is 0.897. The number of amides is 1.